The average molecular weight is 213 g/mol. The van der Waals surface area contributed by atoms with Gasteiger partial charge in [0.2, 0.25) is 0 Å². The zero-order valence-electron chi connectivity index (χ0n) is 8.47. The van der Waals surface area contributed by atoms with Crippen LogP contribution in [0.5, 0.6) is 0 Å². The fourth-order valence-electron chi connectivity index (χ4n) is 1.54. The standard InChI is InChI=1S/C13H11NO.CH4/c1-10(15)11-6-2-3-7-12(11)13-8-4-5-9-14-13;/h2-9H,1H3;1H4. The third kappa shape index (κ3) is 2.34. The molecule has 0 amide bonds. The van der Waals surface area contributed by atoms with E-state index in [0.717, 1.165) is 16.8 Å². The number of hydrogen-bond acceptors (Lipinski definition) is 2. The van der Waals surface area contributed by atoms with Gasteiger partial charge in [0.25, 0.3) is 0 Å². The first-order chi connectivity index (χ1) is 7.29. The molecule has 16 heavy (non-hydrogen) atoms. The Hall–Kier alpha value is -1.96. The Balaban J connectivity index is 0.00000128. The van der Waals surface area contributed by atoms with Crippen molar-refractivity contribution in [2.75, 3.05) is 0 Å². The molecule has 0 aliphatic carbocycles. The molecule has 2 heteroatoms. The normalized spacial score (nSPS) is 9.31. The topological polar surface area (TPSA) is 30.0 Å². The molecule has 0 saturated heterocycles. The lowest BCUT2D eigenvalue weighted by Gasteiger charge is -2.05. The third-order valence-electron chi connectivity index (χ3n) is 2.25. The van der Waals surface area contributed by atoms with E-state index in [0.29, 0.717) is 0 Å². The maximum absolute atomic E-state index is 11.4. The number of nitrogens with zero attached hydrogens (tertiary/aromatic N) is 1. The predicted octanol–water partition coefficient (Wildman–Crippen LogP) is 3.59. The van der Waals surface area contributed by atoms with Gasteiger partial charge in [-0.25, -0.2) is 0 Å². The van der Waals surface area contributed by atoms with Gasteiger partial charge in [0.1, 0.15) is 0 Å². The number of ketones is 1. The highest BCUT2D eigenvalue weighted by Crippen LogP contribution is 2.21. The summed E-state index contributed by atoms with van der Waals surface area (Å²) in [5.74, 6) is 0.0660. The number of pyridine rings is 1. The van der Waals surface area contributed by atoms with Crippen molar-refractivity contribution < 1.29 is 4.79 Å². The molecule has 82 valence electrons. The molecule has 0 radical (unpaired) electrons. The number of carbonyl (C=O) groups excluding carboxylic acids is 1. The first-order valence-electron chi connectivity index (χ1n) is 4.80. The Kier molecular flexibility index (Phi) is 3.95. The molecule has 1 heterocycles. The Morgan fingerprint density at radius 1 is 1.06 bits per heavy atom. The van der Waals surface area contributed by atoms with Crippen LogP contribution in [0.25, 0.3) is 11.3 Å². The fraction of sp³-hybridized carbons (Fsp3) is 0.143. The van der Waals surface area contributed by atoms with E-state index >= 15 is 0 Å². The first-order valence-corrected chi connectivity index (χ1v) is 4.80. The molecular weight excluding hydrogens is 198 g/mol. The molecule has 1 aromatic heterocycles. The van der Waals surface area contributed by atoms with Crippen molar-refractivity contribution in [1.82, 2.24) is 4.98 Å². The summed E-state index contributed by atoms with van der Waals surface area (Å²) in [5.41, 5.74) is 2.45. The van der Waals surface area contributed by atoms with Crippen molar-refractivity contribution in [2.45, 2.75) is 14.4 Å². The van der Waals surface area contributed by atoms with Gasteiger partial charge < -0.3 is 0 Å². The molecule has 0 saturated carbocycles. The van der Waals surface area contributed by atoms with Crippen molar-refractivity contribution in [3.05, 3.63) is 54.2 Å². The van der Waals surface area contributed by atoms with Gasteiger partial charge in [-0.1, -0.05) is 37.8 Å². The summed E-state index contributed by atoms with van der Waals surface area (Å²) in [4.78, 5) is 15.7. The van der Waals surface area contributed by atoms with Crippen molar-refractivity contribution >= 4 is 5.78 Å². The van der Waals surface area contributed by atoms with E-state index in [9.17, 15) is 4.79 Å². The van der Waals surface area contributed by atoms with E-state index in [4.69, 9.17) is 0 Å². The zero-order chi connectivity index (χ0) is 10.7. The summed E-state index contributed by atoms with van der Waals surface area (Å²) in [6.07, 6.45) is 1.73. The summed E-state index contributed by atoms with van der Waals surface area (Å²) < 4.78 is 0. The molecule has 0 unspecified atom stereocenters. The summed E-state index contributed by atoms with van der Waals surface area (Å²) in [5, 5.41) is 0. The minimum Gasteiger partial charge on any atom is -0.294 e. The Morgan fingerprint density at radius 2 is 1.75 bits per heavy atom. The van der Waals surface area contributed by atoms with Crippen LogP contribution in [0, 0.1) is 0 Å². The quantitative estimate of drug-likeness (QED) is 0.713. The Bertz CT molecular complexity index is 477. The molecule has 0 aliphatic heterocycles. The Labute approximate surface area is 96.0 Å². The van der Waals surface area contributed by atoms with E-state index in [2.05, 4.69) is 4.98 Å². The minimum absolute atomic E-state index is 0. The van der Waals surface area contributed by atoms with Crippen LogP contribution in [0.4, 0.5) is 0 Å². The van der Waals surface area contributed by atoms with Crippen LogP contribution in [-0.4, -0.2) is 10.8 Å². The van der Waals surface area contributed by atoms with Gasteiger partial charge in [-0.15, -0.1) is 0 Å². The maximum Gasteiger partial charge on any atom is 0.160 e. The molecule has 2 nitrogen and oxygen atoms in total. The lowest BCUT2D eigenvalue weighted by atomic mass is 10.0. The average Bonchev–Trinajstić information content (AvgIpc) is 2.30. The van der Waals surface area contributed by atoms with Gasteiger partial charge in [0.05, 0.1) is 5.69 Å². The molecular formula is C14H15NO. The second kappa shape index (κ2) is 5.21. The van der Waals surface area contributed by atoms with Gasteiger partial charge in [-0.3, -0.25) is 9.78 Å². The van der Waals surface area contributed by atoms with E-state index in [1.165, 1.54) is 0 Å². The highest BCUT2D eigenvalue weighted by molar-refractivity contribution is 6.00. The zero-order valence-corrected chi connectivity index (χ0v) is 8.47. The summed E-state index contributed by atoms with van der Waals surface area (Å²) in [6, 6.07) is 13.2. The summed E-state index contributed by atoms with van der Waals surface area (Å²) in [6.45, 7) is 1.57. The smallest absolute Gasteiger partial charge is 0.160 e. The SMILES string of the molecule is C.CC(=O)c1ccccc1-c1ccccn1. The molecule has 1 aromatic carbocycles. The number of benzene rings is 1. The maximum atomic E-state index is 11.4. The van der Waals surface area contributed by atoms with Crippen LogP contribution in [0.3, 0.4) is 0 Å². The second-order valence-electron chi connectivity index (χ2n) is 3.32. The number of aromatic nitrogens is 1. The van der Waals surface area contributed by atoms with Gasteiger partial charge in [0, 0.05) is 17.3 Å². The highest BCUT2D eigenvalue weighted by Gasteiger charge is 2.08. The molecule has 0 fully saturated rings. The lowest BCUT2D eigenvalue weighted by molar-refractivity contribution is 0.101. The van der Waals surface area contributed by atoms with Crippen molar-refractivity contribution in [3.63, 3.8) is 0 Å². The van der Waals surface area contributed by atoms with Crippen molar-refractivity contribution in [1.29, 1.82) is 0 Å². The van der Waals surface area contributed by atoms with E-state index in [1.807, 2.05) is 42.5 Å². The fourth-order valence-corrected chi connectivity index (χ4v) is 1.54. The van der Waals surface area contributed by atoms with Crippen molar-refractivity contribution in [3.8, 4) is 11.3 Å². The third-order valence-corrected chi connectivity index (χ3v) is 2.25. The number of hydrogen-bond donors (Lipinski definition) is 0. The van der Waals surface area contributed by atoms with Crippen LogP contribution >= 0.6 is 0 Å². The monoisotopic (exact) mass is 213 g/mol. The van der Waals surface area contributed by atoms with Gasteiger partial charge >= 0.3 is 0 Å². The first kappa shape index (κ1) is 12.1. The van der Waals surface area contributed by atoms with Crippen molar-refractivity contribution in [2.24, 2.45) is 0 Å². The van der Waals surface area contributed by atoms with Crippen LogP contribution in [0.2, 0.25) is 0 Å². The summed E-state index contributed by atoms with van der Waals surface area (Å²) in [7, 11) is 0. The van der Waals surface area contributed by atoms with Crippen LogP contribution < -0.4 is 0 Å². The molecule has 0 atom stereocenters. The molecule has 0 aliphatic rings. The van der Waals surface area contributed by atoms with Gasteiger partial charge in [-0.05, 0) is 19.1 Å². The van der Waals surface area contributed by atoms with E-state index in [1.54, 1.807) is 13.1 Å². The van der Waals surface area contributed by atoms with Gasteiger partial charge in [0.15, 0.2) is 5.78 Å². The van der Waals surface area contributed by atoms with Crippen LogP contribution in [0.1, 0.15) is 24.7 Å². The predicted molar refractivity (Wildman–Crippen MR) is 66.4 cm³/mol. The molecule has 0 N–H and O–H groups in total. The van der Waals surface area contributed by atoms with E-state index < -0.39 is 0 Å². The number of rotatable bonds is 2. The summed E-state index contributed by atoms with van der Waals surface area (Å²) >= 11 is 0. The minimum atomic E-state index is 0. The number of carbonyl (C=O) groups is 1. The van der Waals surface area contributed by atoms with Gasteiger partial charge in [-0.2, -0.15) is 0 Å². The molecule has 2 aromatic rings. The lowest BCUT2D eigenvalue weighted by Crippen LogP contribution is -1.96. The van der Waals surface area contributed by atoms with Crippen LogP contribution in [-0.2, 0) is 0 Å². The second-order valence-corrected chi connectivity index (χ2v) is 3.32. The highest BCUT2D eigenvalue weighted by atomic mass is 16.1. The van der Waals surface area contributed by atoms with Crippen LogP contribution in [0.15, 0.2) is 48.7 Å². The Morgan fingerprint density at radius 3 is 2.38 bits per heavy atom. The molecule has 0 spiro atoms. The largest absolute Gasteiger partial charge is 0.294 e. The van der Waals surface area contributed by atoms with E-state index in [-0.39, 0.29) is 13.2 Å². The number of Topliss-reactive ketones (excluding diaryl/α,β-unsaturated/α-hetero) is 1. The molecule has 2 rings (SSSR count). The molecule has 0 bridgehead atoms.